The maximum absolute atomic E-state index is 13.0. The number of Topliss-reactive ketones (excluding diaryl/α,β-unsaturated/α-hetero) is 1. The Bertz CT molecular complexity index is 1130. The molecule has 6 heteroatoms. The van der Waals surface area contributed by atoms with Crippen molar-refractivity contribution in [3.63, 3.8) is 0 Å². The first kappa shape index (κ1) is 19.1. The van der Waals surface area contributed by atoms with Crippen molar-refractivity contribution in [1.82, 2.24) is 4.98 Å². The van der Waals surface area contributed by atoms with Crippen LogP contribution in [-0.2, 0) is 9.59 Å². The Morgan fingerprint density at radius 2 is 1.76 bits per heavy atom. The Labute approximate surface area is 176 Å². The highest BCUT2D eigenvalue weighted by Crippen LogP contribution is 2.41. The van der Waals surface area contributed by atoms with Gasteiger partial charge in [-0.2, -0.15) is 0 Å². The number of anilines is 1. The van der Waals surface area contributed by atoms with Gasteiger partial charge in [0.1, 0.15) is 11.8 Å². The molecular weight excluding hydrogens is 432 g/mol. The number of carbonyl (C=O) groups is 2. The molecule has 1 aliphatic heterocycles. The Morgan fingerprint density at radius 1 is 1.03 bits per heavy atom. The highest BCUT2D eigenvalue weighted by atomic mass is 79.9. The number of benzene rings is 2. The largest absolute Gasteiger partial charge is 0.507 e. The van der Waals surface area contributed by atoms with Crippen LogP contribution in [0.4, 0.5) is 5.69 Å². The van der Waals surface area contributed by atoms with Gasteiger partial charge in [-0.25, -0.2) is 0 Å². The van der Waals surface area contributed by atoms with Crippen molar-refractivity contribution in [2.24, 2.45) is 0 Å². The molecule has 1 unspecified atom stereocenters. The highest BCUT2D eigenvalue weighted by Gasteiger charge is 2.47. The summed E-state index contributed by atoms with van der Waals surface area (Å²) >= 11 is 3.44. The van der Waals surface area contributed by atoms with Gasteiger partial charge in [-0.05, 0) is 48.9 Å². The summed E-state index contributed by atoms with van der Waals surface area (Å²) in [6.45, 7) is 1.89. The number of para-hydroxylation sites is 1. The van der Waals surface area contributed by atoms with Gasteiger partial charge in [0, 0.05) is 21.9 Å². The lowest BCUT2D eigenvalue weighted by molar-refractivity contribution is -0.132. The van der Waals surface area contributed by atoms with E-state index in [2.05, 4.69) is 20.9 Å². The number of nitrogens with zero attached hydrogens (tertiary/aromatic N) is 2. The minimum atomic E-state index is -0.817. The number of aryl methyl sites for hydroxylation is 1. The van der Waals surface area contributed by atoms with E-state index in [4.69, 9.17) is 0 Å². The van der Waals surface area contributed by atoms with Gasteiger partial charge in [0.05, 0.1) is 11.3 Å². The molecule has 1 aliphatic rings. The molecule has 144 valence electrons. The lowest BCUT2D eigenvalue weighted by Crippen LogP contribution is -2.29. The van der Waals surface area contributed by atoms with Crippen LogP contribution in [0.5, 0.6) is 0 Å². The molecule has 1 N–H and O–H groups in total. The number of amides is 1. The molecule has 3 aromatic rings. The van der Waals surface area contributed by atoms with Gasteiger partial charge in [-0.3, -0.25) is 19.5 Å². The van der Waals surface area contributed by atoms with Crippen LogP contribution < -0.4 is 4.90 Å². The number of aliphatic hydroxyl groups excluding tert-OH is 1. The zero-order valence-corrected chi connectivity index (χ0v) is 17.1. The fourth-order valence-corrected chi connectivity index (χ4v) is 3.70. The van der Waals surface area contributed by atoms with E-state index in [1.54, 1.807) is 66.9 Å². The third kappa shape index (κ3) is 3.36. The maximum atomic E-state index is 13.0. The van der Waals surface area contributed by atoms with Gasteiger partial charge in [0.25, 0.3) is 11.7 Å². The molecule has 1 amide bonds. The number of aromatic nitrogens is 1. The first-order valence-corrected chi connectivity index (χ1v) is 9.82. The van der Waals surface area contributed by atoms with Crippen LogP contribution in [0.2, 0.25) is 0 Å². The van der Waals surface area contributed by atoms with Crippen LogP contribution in [0.25, 0.3) is 5.76 Å². The number of pyridine rings is 1. The topological polar surface area (TPSA) is 70.5 Å². The molecule has 4 rings (SSSR count). The van der Waals surface area contributed by atoms with Crippen LogP contribution in [0.3, 0.4) is 0 Å². The second-order valence-corrected chi connectivity index (χ2v) is 7.58. The standard InChI is InChI=1S/C23H17BrN2O3/c1-14-13-15(10-11-17(14)24)21(27)19-20(18-9-5-6-12-25-18)26(23(29)22(19)28)16-7-3-2-4-8-16/h2-13,20,27H,1H3/b21-19-. The van der Waals surface area contributed by atoms with E-state index in [9.17, 15) is 14.7 Å². The van der Waals surface area contributed by atoms with Crippen LogP contribution >= 0.6 is 15.9 Å². The minimum Gasteiger partial charge on any atom is -0.507 e. The fourth-order valence-electron chi connectivity index (χ4n) is 3.45. The summed E-state index contributed by atoms with van der Waals surface area (Å²) in [4.78, 5) is 31.7. The molecule has 2 heterocycles. The Morgan fingerprint density at radius 3 is 2.41 bits per heavy atom. The van der Waals surface area contributed by atoms with Crippen molar-refractivity contribution in [2.75, 3.05) is 4.90 Å². The van der Waals surface area contributed by atoms with Crippen molar-refractivity contribution in [3.8, 4) is 0 Å². The van der Waals surface area contributed by atoms with Crippen molar-refractivity contribution < 1.29 is 14.7 Å². The number of rotatable bonds is 3. The van der Waals surface area contributed by atoms with Crippen molar-refractivity contribution in [1.29, 1.82) is 0 Å². The molecule has 1 aromatic heterocycles. The third-order valence-electron chi connectivity index (χ3n) is 4.88. The zero-order chi connectivity index (χ0) is 20.5. The van der Waals surface area contributed by atoms with Gasteiger partial charge in [-0.1, -0.05) is 46.3 Å². The molecule has 0 spiro atoms. The average molecular weight is 449 g/mol. The van der Waals surface area contributed by atoms with E-state index in [1.165, 1.54) is 4.90 Å². The van der Waals surface area contributed by atoms with Crippen LogP contribution in [0.1, 0.15) is 22.9 Å². The number of halogens is 1. The first-order chi connectivity index (χ1) is 14.0. The zero-order valence-electron chi connectivity index (χ0n) is 15.5. The first-order valence-electron chi connectivity index (χ1n) is 9.02. The predicted molar refractivity (Wildman–Crippen MR) is 114 cm³/mol. The highest BCUT2D eigenvalue weighted by molar-refractivity contribution is 9.10. The van der Waals surface area contributed by atoms with Crippen LogP contribution in [0.15, 0.2) is 83.0 Å². The molecule has 1 saturated heterocycles. The summed E-state index contributed by atoms with van der Waals surface area (Å²) < 4.78 is 0.889. The maximum Gasteiger partial charge on any atom is 0.300 e. The predicted octanol–water partition coefficient (Wildman–Crippen LogP) is 4.78. The summed E-state index contributed by atoms with van der Waals surface area (Å²) in [5.41, 5.74) is 2.47. The second kappa shape index (κ2) is 7.64. The van der Waals surface area contributed by atoms with E-state index < -0.39 is 17.7 Å². The number of carbonyl (C=O) groups excluding carboxylic acids is 2. The van der Waals surface area contributed by atoms with E-state index in [-0.39, 0.29) is 11.3 Å². The molecule has 0 radical (unpaired) electrons. The lowest BCUT2D eigenvalue weighted by Gasteiger charge is -2.24. The second-order valence-electron chi connectivity index (χ2n) is 6.72. The van der Waals surface area contributed by atoms with Gasteiger partial charge < -0.3 is 5.11 Å². The average Bonchev–Trinajstić information content (AvgIpc) is 3.01. The molecule has 0 aliphatic carbocycles. The molecule has 1 fully saturated rings. The van der Waals surface area contributed by atoms with E-state index >= 15 is 0 Å². The summed E-state index contributed by atoms with van der Waals surface area (Å²) in [6.07, 6.45) is 1.60. The monoisotopic (exact) mass is 448 g/mol. The Balaban J connectivity index is 1.95. The summed E-state index contributed by atoms with van der Waals surface area (Å²) in [6, 6.07) is 18.7. The minimum absolute atomic E-state index is 0.0271. The summed E-state index contributed by atoms with van der Waals surface area (Å²) in [5.74, 6) is -1.64. The molecular formula is C23H17BrN2O3. The quantitative estimate of drug-likeness (QED) is 0.355. The molecule has 0 bridgehead atoms. The Hall–Kier alpha value is -3.25. The molecule has 5 nitrogen and oxygen atoms in total. The fraction of sp³-hybridized carbons (Fsp3) is 0.0870. The van der Waals surface area contributed by atoms with Crippen molar-refractivity contribution in [3.05, 3.63) is 99.8 Å². The van der Waals surface area contributed by atoms with Gasteiger partial charge in [0.2, 0.25) is 0 Å². The number of hydrogen-bond acceptors (Lipinski definition) is 4. The SMILES string of the molecule is Cc1cc(/C(O)=C2/C(=O)C(=O)N(c3ccccc3)C2c2ccccn2)ccc1Br. The molecule has 1 atom stereocenters. The van der Waals surface area contributed by atoms with Crippen LogP contribution in [-0.4, -0.2) is 21.8 Å². The van der Waals surface area contributed by atoms with Gasteiger partial charge in [0.15, 0.2) is 0 Å². The van der Waals surface area contributed by atoms with E-state index in [1.807, 2.05) is 13.0 Å². The Kier molecular flexibility index (Phi) is 5.03. The van der Waals surface area contributed by atoms with E-state index in [0.29, 0.717) is 16.9 Å². The van der Waals surface area contributed by atoms with E-state index in [0.717, 1.165) is 10.0 Å². The normalized spacial score (nSPS) is 18.3. The van der Waals surface area contributed by atoms with Crippen LogP contribution in [0, 0.1) is 6.92 Å². The number of ketones is 1. The molecule has 0 saturated carbocycles. The molecule has 2 aromatic carbocycles. The number of hydrogen-bond donors (Lipinski definition) is 1. The van der Waals surface area contributed by atoms with Crippen molar-refractivity contribution >= 4 is 39.1 Å². The number of aliphatic hydroxyl groups is 1. The summed E-state index contributed by atoms with van der Waals surface area (Å²) in [7, 11) is 0. The summed E-state index contributed by atoms with van der Waals surface area (Å²) in [5, 5.41) is 11.1. The molecule has 29 heavy (non-hydrogen) atoms. The lowest BCUT2D eigenvalue weighted by atomic mass is 9.97. The van der Waals surface area contributed by atoms with Gasteiger partial charge >= 0.3 is 0 Å². The third-order valence-corrected chi connectivity index (χ3v) is 5.77. The smallest absolute Gasteiger partial charge is 0.300 e. The van der Waals surface area contributed by atoms with Crippen molar-refractivity contribution in [2.45, 2.75) is 13.0 Å². The van der Waals surface area contributed by atoms with Gasteiger partial charge in [-0.15, -0.1) is 0 Å².